The van der Waals surface area contributed by atoms with Crippen molar-refractivity contribution >= 4 is 5.91 Å². The van der Waals surface area contributed by atoms with Gasteiger partial charge in [-0.15, -0.1) is 0 Å². The first-order valence-corrected chi connectivity index (χ1v) is 7.08. The van der Waals surface area contributed by atoms with Crippen molar-refractivity contribution in [1.29, 1.82) is 0 Å². The van der Waals surface area contributed by atoms with Crippen molar-refractivity contribution in [2.45, 2.75) is 45.7 Å². The molecule has 0 aromatic heterocycles. The zero-order valence-electron chi connectivity index (χ0n) is 13.1. The number of para-hydroxylation sites is 1. The second-order valence-corrected chi connectivity index (χ2v) is 5.55. The summed E-state index contributed by atoms with van der Waals surface area (Å²) in [6.07, 6.45) is 0.748. The molecule has 112 valence electrons. The predicted octanol–water partition coefficient (Wildman–Crippen LogP) is 2.13. The molecule has 1 amide bonds. The third-order valence-electron chi connectivity index (χ3n) is 3.28. The highest BCUT2D eigenvalue weighted by Crippen LogP contribution is 2.19. The van der Waals surface area contributed by atoms with Gasteiger partial charge in [0.05, 0.1) is 12.6 Å². The molecule has 1 rings (SSSR count). The standard InChI is InChI=1S/C16H26N2O2/c1-6-17-16(3,4)15(19)18-12(2)11-13-9-7-8-10-14(13)20-5/h7-10,12,17H,6,11H2,1-5H3,(H,18,19). The van der Waals surface area contributed by atoms with Crippen LogP contribution in [0.3, 0.4) is 0 Å². The molecule has 1 aromatic carbocycles. The number of hydrogen-bond donors (Lipinski definition) is 2. The normalized spacial score (nSPS) is 12.8. The number of hydrogen-bond acceptors (Lipinski definition) is 3. The zero-order valence-corrected chi connectivity index (χ0v) is 13.1. The van der Waals surface area contributed by atoms with Crippen molar-refractivity contribution in [3.63, 3.8) is 0 Å². The minimum atomic E-state index is -0.552. The molecule has 0 bridgehead atoms. The molecular formula is C16H26N2O2. The summed E-state index contributed by atoms with van der Waals surface area (Å²) in [5.74, 6) is 0.876. The van der Waals surface area contributed by atoms with Crippen LogP contribution in [0, 0.1) is 0 Å². The van der Waals surface area contributed by atoms with Gasteiger partial charge in [-0.2, -0.15) is 0 Å². The van der Waals surface area contributed by atoms with E-state index in [1.165, 1.54) is 0 Å². The quantitative estimate of drug-likeness (QED) is 0.803. The van der Waals surface area contributed by atoms with E-state index in [0.717, 1.165) is 24.3 Å². The minimum Gasteiger partial charge on any atom is -0.496 e. The number of methoxy groups -OCH3 is 1. The molecule has 4 heteroatoms. The van der Waals surface area contributed by atoms with E-state index in [1.54, 1.807) is 7.11 Å². The van der Waals surface area contributed by atoms with Gasteiger partial charge in [0.25, 0.3) is 0 Å². The van der Waals surface area contributed by atoms with Crippen LogP contribution in [-0.4, -0.2) is 31.1 Å². The maximum atomic E-state index is 12.2. The number of ether oxygens (including phenoxy) is 1. The van der Waals surface area contributed by atoms with Gasteiger partial charge >= 0.3 is 0 Å². The molecule has 0 aliphatic carbocycles. The Bertz CT molecular complexity index is 444. The molecule has 20 heavy (non-hydrogen) atoms. The van der Waals surface area contributed by atoms with Gasteiger partial charge in [0, 0.05) is 6.04 Å². The van der Waals surface area contributed by atoms with Crippen LogP contribution in [0.15, 0.2) is 24.3 Å². The van der Waals surface area contributed by atoms with Crippen LogP contribution >= 0.6 is 0 Å². The van der Waals surface area contributed by atoms with Gasteiger partial charge in [0.15, 0.2) is 0 Å². The van der Waals surface area contributed by atoms with Crippen LogP contribution < -0.4 is 15.4 Å². The summed E-state index contributed by atoms with van der Waals surface area (Å²) >= 11 is 0. The average molecular weight is 278 g/mol. The summed E-state index contributed by atoms with van der Waals surface area (Å²) in [5.41, 5.74) is 0.549. The van der Waals surface area contributed by atoms with Crippen molar-refractivity contribution in [1.82, 2.24) is 10.6 Å². The van der Waals surface area contributed by atoms with Crippen LogP contribution in [0.25, 0.3) is 0 Å². The molecule has 0 aliphatic rings. The van der Waals surface area contributed by atoms with Gasteiger partial charge in [0.2, 0.25) is 5.91 Å². The van der Waals surface area contributed by atoms with Gasteiger partial charge in [0.1, 0.15) is 5.75 Å². The molecule has 1 atom stereocenters. The molecule has 1 unspecified atom stereocenters. The fraction of sp³-hybridized carbons (Fsp3) is 0.562. The summed E-state index contributed by atoms with van der Waals surface area (Å²) in [7, 11) is 1.66. The van der Waals surface area contributed by atoms with Crippen LogP contribution in [0.5, 0.6) is 5.75 Å². The lowest BCUT2D eigenvalue weighted by molar-refractivity contribution is -0.127. The van der Waals surface area contributed by atoms with E-state index < -0.39 is 5.54 Å². The Morgan fingerprint density at radius 2 is 2.00 bits per heavy atom. The van der Waals surface area contributed by atoms with Crippen LogP contribution in [0.4, 0.5) is 0 Å². The summed E-state index contributed by atoms with van der Waals surface area (Å²) in [4.78, 5) is 12.2. The lowest BCUT2D eigenvalue weighted by atomic mass is 10.0. The molecule has 4 nitrogen and oxygen atoms in total. The number of amides is 1. The Balaban J connectivity index is 2.64. The molecule has 0 spiro atoms. The highest BCUT2D eigenvalue weighted by molar-refractivity contribution is 5.85. The van der Waals surface area contributed by atoms with Crippen molar-refractivity contribution in [2.24, 2.45) is 0 Å². The Morgan fingerprint density at radius 3 is 2.60 bits per heavy atom. The average Bonchev–Trinajstić information content (AvgIpc) is 2.39. The molecule has 2 N–H and O–H groups in total. The molecule has 0 heterocycles. The monoisotopic (exact) mass is 278 g/mol. The summed E-state index contributed by atoms with van der Waals surface area (Å²) in [5, 5.41) is 6.22. The molecule has 0 saturated heterocycles. The lowest BCUT2D eigenvalue weighted by Gasteiger charge is -2.27. The molecular weight excluding hydrogens is 252 g/mol. The first kappa shape index (κ1) is 16.5. The van der Waals surface area contributed by atoms with Crippen molar-refractivity contribution < 1.29 is 9.53 Å². The number of benzene rings is 1. The van der Waals surface area contributed by atoms with Crippen LogP contribution in [-0.2, 0) is 11.2 Å². The maximum Gasteiger partial charge on any atom is 0.239 e. The topological polar surface area (TPSA) is 50.4 Å². The van der Waals surface area contributed by atoms with Gasteiger partial charge in [-0.3, -0.25) is 4.79 Å². The Kier molecular flexibility index (Phi) is 6.02. The summed E-state index contributed by atoms with van der Waals surface area (Å²) in [6.45, 7) is 8.55. The van der Waals surface area contributed by atoms with E-state index in [4.69, 9.17) is 4.74 Å². The smallest absolute Gasteiger partial charge is 0.239 e. The van der Waals surface area contributed by atoms with Crippen LogP contribution in [0.1, 0.15) is 33.3 Å². The van der Waals surface area contributed by atoms with E-state index in [0.29, 0.717) is 0 Å². The third-order valence-corrected chi connectivity index (χ3v) is 3.28. The van der Waals surface area contributed by atoms with E-state index in [2.05, 4.69) is 10.6 Å². The van der Waals surface area contributed by atoms with E-state index in [9.17, 15) is 4.79 Å². The lowest BCUT2D eigenvalue weighted by Crippen LogP contribution is -2.54. The number of carbonyl (C=O) groups excluding carboxylic acids is 1. The Labute approximate surface area is 121 Å². The SMILES string of the molecule is CCNC(C)(C)C(=O)NC(C)Cc1ccccc1OC. The molecule has 0 fully saturated rings. The van der Waals surface area contributed by atoms with Crippen molar-refractivity contribution in [3.05, 3.63) is 29.8 Å². The highest BCUT2D eigenvalue weighted by Gasteiger charge is 2.27. The van der Waals surface area contributed by atoms with Gasteiger partial charge in [-0.25, -0.2) is 0 Å². The zero-order chi connectivity index (χ0) is 15.2. The van der Waals surface area contributed by atoms with Crippen LogP contribution in [0.2, 0.25) is 0 Å². The van der Waals surface area contributed by atoms with E-state index in [1.807, 2.05) is 52.0 Å². The second kappa shape index (κ2) is 7.29. The summed E-state index contributed by atoms with van der Waals surface area (Å²) in [6, 6.07) is 7.94. The second-order valence-electron chi connectivity index (χ2n) is 5.55. The van der Waals surface area contributed by atoms with Gasteiger partial charge in [-0.1, -0.05) is 25.1 Å². The first-order chi connectivity index (χ1) is 9.40. The van der Waals surface area contributed by atoms with E-state index in [-0.39, 0.29) is 11.9 Å². The number of likely N-dealkylation sites (N-methyl/N-ethyl adjacent to an activating group) is 1. The van der Waals surface area contributed by atoms with Gasteiger partial charge < -0.3 is 15.4 Å². The largest absolute Gasteiger partial charge is 0.496 e. The Morgan fingerprint density at radius 1 is 1.35 bits per heavy atom. The number of nitrogens with one attached hydrogen (secondary N) is 2. The minimum absolute atomic E-state index is 0.0155. The third kappa shape index (κ3) is 4.53. The van der Waals surface area contributed by atoms with Gasteiger partial charge in [-0.05, 0) is 45.4 Å². The fourth-order valence-corrected chi connectivity index (χ4v) is 2.18. The number of rotatable bonds is 7. The highest BCUT2D eigenvalue weighted by atomic mass is 16.5. The Hall–Kier alpha value is -1.55. The molecule has 0 saturated carbocycles. The first-order valence-electron chi connectivity index (χ1n) is 7.08. The van der Waals surface area contributed by atoms with Crippen molar-refractivity contribution in [3.8, 4) is 5.75 Å². The summed E-state index contributed by atoms with van der Waals surface area (Å²) < 4.78 is 5.33. The number of carbonyl (C=O) groups is 1. The van der Waals surface area contributed by atoms with Crippen molar-refractivity contribution in [2.75, 3.05) is 13.7 Å². The fourth-order valence-electron chi connectivity index (χ4n) is 2.18. The van der Waals surface area contributed by atoms with E-state index >= 15 is 0 Å². The maximum absolute atomic E-state index is 12.2. The predicted molar refractivity (Wildman–Crippen MR) is 82.1 cm³/mol. The molecule has 0 aliphatic heterocycles. The molecule has 1 aromatic rings. The molecule has 0 radical (unpaired) electrons.